The summed E-state index contributed by atoms with van der Waals surface area (Å²) in [7, 11) is 0. The van der Waals surface area contributed by atoms with E-state index in [1.807, 2.05) is 12.3 Å². The molecule has 86 valence electrons. The predicted molar refractivity (Wildman–Crippen MR) is 69.4 cm³/mol. The van der Waals surface area contributed by atoms with Crippen LogP contribution in [0.1, 0.15) is 36.5 Å². The van der Waals surface area contributed by atoms with Crippen molar-refractivity contribution in [1.82, 2.24) is 10.2 Å². The van der Waals surface area contributed by atoms with Gasteiger partial charge in [-0.1, -0.05) is 13.8 Å². The van der Waals surface area contributed by atoms with Gasteiger partial charge in [-0.05, 0) is 35.2 Å². The van der Waals surface area contributed by atoms with Crippen LogP contribution >= 0.6 is 0 Å². The van der Waals surface area contributed by atoms with Crippen molar-refractivity contribution < 1.29 is 0 Å². The Balaban J connectivity index is 2.18. The highest BCUT2D eigenvalue weighted by molar-refractivity contribution is 5.88. The number of aromatic nitrogens is 2. The summed E-state index contributed by atoms with van der Waals surface area (Å²) in [6.45, 7) is 5.24. The summed E-state index contributed by atoms with van der Waals surface area (Å²) in [5.41, 5.74) is 6.27. The zero-order chi connectivity index (χ0) is 11.8. The maximum absolute atomic E-state index is 4.37. The molecule has 0 radical (unpaired) electrons. The van der Waals surface area contributed by atoms with Crippen molar-refractivity contribution in [2.75, 3.05) is 0 Å². The smallest absolute Gasteiger partial charge is 0.0650 e. The van der Waals surface area contributed by atoms with Crippen LogP contribution in [0.25, 0.3) is 11.3 Å². The van der Waals surface area contributed by atoms with E-state index >= 15 is 0 Å². The first-order valence-corrected chi connectivity index (χ1v) is 5.92. The molecule has 0 aliphatic carbocycles. The second kappa shape index (κ2) is 3.84. The highest BCUT2D eigenvalue weighted by Crippen LogP contribution is 2.30. The number of aromatic amines is 1. The minimum atomic E-state index is 0.510. The maximum atomic E-state index is 4.37. The molecule has 1 aromatic carbocycles. The van der Waals surface area contributed by atoms with Crippen LogP contribution in [0.2, 0.25) is 0 Å². The molecule has 2 aromatic rings. The lowest BCUT2D eigenvalue weighted by Gasteiger charge is -2.12. The van der Waals surface area contributed by atoms with Gasteiger partial charge in [0.2, 0.25) is 0 Å². The standard InChI is InChI=1S/C14H15N3/c1-9(2)12-6-10(14-3-4-16-17-14)5-11-7-15-8-13(11)12/h3-6,8-9H,7H2,1-2H3,(H,16,17). The zero-order valence-corrected chi connectivity index (χ0v) is 10.1. The SMILES string of the molecule is CC(C)c1cc(-c2ccn[nH]2)cc2c1C=NC2. The number of hydrogen-bond acceptors (Lipinski definition) is 2. The van der Waals surface area contributed by atoms with Crippen LogP contribution in [-0.4, -0.2) is 16.4 Å². The van der Waals surface area contributed by atoms with Crippen molar-refractivity contribution in [1.29, 1.82) is 0 Å². The van der Waals surface area contributed by atoms with E-state index in [9.17, 15) is 0 Å². The lowest BCUT2D eigenvalue weighted by Crippen LogP contribution is -1.98. The van der Waals surface area contributed by atoms with Crippen LogP contribution in [0.4, 0.5) is 0 Å². The molecule has 3 rings (SSSR count). The van der Waals surface area contributed by atoms with E-state index in [-0.39, 0.29) is 0 Å². The minimum absolute atomic E-state index is 0.510. The summed E-state index contributed by atoms with van der Waals surface area (Å²) in [5, 5.41) is 7.03. The molecule has 0 atom stereocenters. The molecule has 0 unspecified atom stereocenters. The normalized spacial score (nSPS) is 13.4. The lowest BCUT2D eigenvalue weighted by molar-refractivity contribution is 0.863. The number of fused-ring (bicyclic) bond motifs is 1. The van der Waals surface area contributed by atoms with Crippen LogP contribution in [0, 0.1) is 0 Å². The Kier molecular flexibility index (Phi) is 2.32. The van der Waals surface area contributed by atoms with Gasteiger partial charge in [-0.15, -0.1) is 0 Å². The fourth-order valence-corrected chi connectivity index (χ4v) is 2.31. The first-order chi connectivity index (χ1) is 8.25. The average molecular weight is 225 g/mol. The Morgan fingerprint density at radius 3 is 2.88 bits per heavy atom. The number of rotatable bonds is 2. The fraction of sp³-hybridized carbons (Fsp3) is 0.286. The van der Waals surface area contributed by atoms with E-state index in [0.717, 1.165) is 12.2 Å². The highest BCUT2D eigenvalue weighted by Gasteiger charge is 2.16. The molecule has 1 aromatic heterocycles. The minimum Gasteiger partial charge on any atom is -0.288 e. The maximum Gasteiger partial charge on any atom is 0.0650 e. The van der Waals surface area contributed by atoms with Gasteiger partial charge in [0, 0.05) is 23.5 Å². The molecule has 0 saturated carbocycles. The molecule has 0 amide bonds. The van der Waals surface area contributed by atoms with Gasteiger partial charge in [-0.3, -0.25) is 10.1 Å². The van der Waals surface area contributed by atoms with Crippen LogP contribution < -0.4 is 0 Å². The fourth-order valence-electron chi connectivity index (χ4n) is 2.31. The van der Waals surface area contributed by atoms with Crippen molar-refractivity contribution in [2.45, 2.75) is 26.3 Å². The van der Waals surface area contributed by atoms with Gasteiger partial charge in [0.15, 0.2) is 0 Å². The van der Waals surface area contributed by atoms with E-state index in [4.69, 9.17) is 0 Å². The monoisotopic (exact) mass is 225 g/mol. The molecule has 0 spiro atoms. The van der Waals surface area contributed by atoms with E-state index in [0.29, 0.717) is 5.92 Å². The second-order valence-corrected chi connectivity index (χ2v) is 4.73. The third kappa shape index (κ3) is 1.68. The van der Waals surface area contributed by atoms with Crippen molar-refractivity contribution in [3.8, 4) is 11.3 Å². The van der Waals surface area contributed by atoms with Crippen LogP contribution in [0.3, 0.4) is 0 Å². The molecular formula is C14H15N3. The van der Waals surface area contributed by atoms with E-state index in [2.05, 4.69) is 41.2 Å². The molecule has 0 fully saturated rings. The van der Waals surface area contributed by atoms with Gasteiger partial charge >= 0.3 is 0 Å². The highest BCUT2D eigenvalue weighted by atomic mass is 15.1. The van der Waals surface area contributed by atoms with Crippen LogP contribution in [0.15, 0.2) is 29.4 Å². The van der Waals surface area contributed by atoms with Crippen molar-refractivity contribution in [3.63, 3.8) is 0 Å². The Labute approximate surface area is 101 Å². The molecule has 1 N–H and O–H groups in total. The predicted octanol–water partition coefficient (Wildman–Crippen LogP) is 3.13. The van der Waals surface area contributed by atoms with Crippen molar-refractivity contribution in [3.05, 3.63) is 41.1 Å². The summed E-state index contributed by atoms with van der Waals surface area (Å²) >= 11 is 0. The number of hydrogen-bond donors (Lipinski definition) is 1. The van der Waals surface area contributed by atoms with Crippen molar-refractivity contribution >= 4 is 6.21 Å². The first-order valence-electron chi connectivity index (χ1n) is 5.92. The summed E-state index contributed by atoms with van der Waals surface area (Å²) in [6.07, 6.45) is 3.79. The van der Waals surface area contributed by atoms with Crippen molar-refractivity contribution in [2.24, 2.45) is 4.99 Å². The largest absolute Gasteiger partial charge is 0.288 e. The zero-order valence-electron chi connectivity index (χ0n) is 10.1. The first kappa shape index (κ1) is 10.3. The van der Waals surface area contributed by atoms with E-state index < -0.39 is 0 Å². The molecule has 1 aliphatic heterocycles. The third-order valence-corrected chi connectivity index (χ3v) is 3.21. The summed E-state index contributed by atoms with van der Waals surface area (Å²) in [4.78, 5) is 4.37. The molecule has 0 bridgehead atoms. The Hall–Kier alpha value is -1.90. The Bertz CT molecular complexity index is 565. The van der Waals surface area contributed by atoms with Gasteiger partial charge in [0.1, 0.15) is 0 Å². The summed E-state index contributed by atoms with van der Waals surface area (Å²) in [6, 6.07) is 6.46. The lowest BCUT2D eigenvalue weighted by atomic mass is 9.91. The summed E-state index contributed by atoms with van der Waals surface area (Å²) < 4.78 is 0. The topological polar surface area (TPSA) is 41.0 Å². The van der Waals surface area contributed by atoms with Crippen LogP contribution in [0.5, 0.6) is 0 Å². The third-order valence-electron chi connectivity index (χ3n) is 3.21. The second-order valence-electron chi connectivity index (χ2n) is 4.73. The number of benzene rings is 1. The van der Waals surface area contributed by atoms with Gasteiger partial charge in [0.05, 0.1) is 12.2 Å². The number of nitrogens with one attached hydrogen (secondary N) is 1. The van der Waals surface area contributed by atoms with Gasteiger partial charge in [0.25, 0.3) is 0 Å². The van der Waals surface area contributed by atoms with Gasteiger partial charge in [-0.25, -0.2) is 0 Å². The van der Waals surface area contributed by atoms with Crippen LogP contribution in [-0.2, 0) is 6.54 Å². The quantitative estimate of drug-likeness (QED) is 0.838. The number of nitrogens with zero attached hydrogens (tertiary/aromatic N) is 2. The van der Waals surface area contributed by atoms with Gasteiger partial charge in [-0.2, -0.15) is 5.10 Å². The average Bonchev–Trinajstić information content (AvgIpc) is 2.98. The Morgan fingerprint density at radius 2 is 2.18 bits per heavy atom. The molecule has 0 saturated heterocycles. The molecule has 3 nitrogen and oxygen atoms in total. The van der Waals surface area contributed by atoms with E-state index in [1.54, 1.807) is 6.20 Å². The molecule has 3 heteroatoms. The number of aliphatic imine (C=N–C) groups is 1. The van der Waals surface area contributed by atoms with E-state index in [1.165, 1.54) is 22.3 Å². The number of H-pyrrole nitrogens is 1. The van der Waals surface area contributed by atoms with Gasteiger partial charge < -0.3 is 0 Å². The molecular weight excluding hydrogens is 210 g/mol. The molecule has 2 heterocycles. The molecule has 1 aliphatic rings. The summed E-state index contributed by atoms with van der Waals surface area (Å²) in [5.74, 6) is 0.510. The molecule has 17 heavy (non-hydrogen) atoms. The Morgan fingerprint density at radius 1 is 1.29 bits per heavy atom.